The first-order valence-electron chi connectivity index (χ1n) is 13.4. The summed E-state index contributed by atoms with van der Waals surface area (Å²) >= 11 is 0. The molecule has 1 aliphatic rings. The number of amides is 2. The van der Waals surface area contributed by atoms with E-state index in [0.29, 0.717) is 16.9 Å². The molecule has 1 aliphatic heterocycles. The standard InChI is InChI=1S/C31H36F2N2O4Si/c1-30(2,3)39-29(37)34-20-26-19-25-18-24(17-23(27(25)38-26)11-16-40(4,5)6)21-7-9-22(10-8-21)28(36)35-14-12-31(32,33)13-15-35/h7-10,17-19H,12-15,20H2,1-6H3,(H,34,37). The number of rotatable bonds is 4. The summed E-state index contributed by atoms with van der Waals surface area (Å²) in [7, 11) is -1.68. The summed E-state index contributed by atoms with van der Waals surface area (Å²) in [6.07, 6.45) is -1.14. The van der Waals surface area contributed by atoms with Crippen LogP contribution < -0.4 is 5.32 Å². The van der Waals surface area contributed by atoms with Gasteiger partial charge in [0.2, 0.25) is 0 Å². The first-order chi connectivity index (χ1) is 18.6. The number of hydrogen-bond acceptors (Lipinski definition) is 4. The van der Waals surface area contributed by atoms with Crippen LogP contribution in [0.25, 0.3) is 22.1 Å². The summed E-state index contributed by atoms with van der Waals surface area (Å²) in [6, 6.07) is 13.0. The van der Waals surface area contributed by atoms with Gasteiger partial charge in [0.15, 0.2) is 0 Å². The fourth-order valence-corrected chi connectivity index (χ4v) is 4.82. The number of carbonyl (C=O) groups is 2. The van der Waals surface area contributed by atoms with Crippen molar-refractivity contribution in [3.8, 4) is 22.6 Å². The van der Waals surface area contributed by atoms with Gasteiger partial charge in [0.05, 0.1) is 12.1 Å². The SMILES string of the molecule is CC(C)(C)OC(=O)NCc1cc2cc(-c3ccc(C(=O)N4CCC(F)(F)CC4)cc3)cc(C#C[Si](C)(C)C)c2o1. The predicted octanol–water partition coefficient (Wildman–Crippen LogP) is 7.22. The highest BCUT2D eigenvalue weighted by Crippen LogP contribution is 2.32. The molecule has 0 radical (unpaired) electrons. The van der Waals surface area contributed by atoms with E-state index in [1.165, 1.54) is 4.90 Å². The largest absolute Gasteiger partial charge is 0.458 e. The number of benzene rings is 2. The molecule has 1 fully saturated rings. The van der Waals surface area contributed by atoms with Crippen molar-refractivity contribution in [1.82, 2.24) is 10.2 Å². The molecule has 0 atom stereocenters. The van der Waals surface area contributed by atoms with Crippen LogP contribution in [-0.2, 0) is 11.3 Å². The third-order valence-electron chi connectivity index (χ3n) is 6.29. The summed E-state index contributed by atoms with van der Waals surface area (Å²) < 4.78 is 38.4. The van der Waals surface area contributed by atoms with Crippen molar-refractivity contribution in [3.05, 3.63) is 59.4 Å². The molecule has 0 aliphatic carbocycles. The van der Waals surface area contributed by atoms with Crippen molar-refractivity contribution in [2.45, 2.75) is 71.3 Å². The van der Waals surface area contributed by atoms with E-state index in [0.717, 1.165) is 22.1 Å². The summed E-state index contributed by atoms with van der Waals surface area (Å²) in [6.45, 7) is 12.2. The van der Waals surface area contributed by atoms with Crippen molar-refractivity contribution in [2.24, 2.45) is 0 Å². The van der Waals surface area contributed by atoms with Gasteiger partial charge in [-0.05, 0) is 62.2 Å². The number of nitrogens with zero attached hydrogens (tertiary/aromatic N) is 1. The summed E-state index contributed by atoms with van der Waals surface area (Å²) in [4.78, 5) is 26.5. The number of piperidine rings is 1. The van der Waals surface area contributed by atoms with Gasteiger partial charge < -0.3 is 19.4 Å². The van der Waals surface area contributed by atoms with Crippen LogP contribution in [0.2, 0.25) is 19.6 Å². The van der Waals surface area contributed by atoms with E-state index in [4.69, 9.17) is 9.15 Å². The summed E-state index contributed by atoms with van der Waals surface area (Å²) in [5, 5.41) is 3.57. The molecule has 1 N–H and O–H groups in total. The Labute approximate surface area is 235 Å². The zero-order chi connectivity index (χ0) is 29.3. The molecule has 0 saturated carbocycles. The lowest BCUT2D eigenvalue weighted by atomic mass is 9.99. The number of alkyl halides is 2. The van der Waals surface area contributed by atoms with E-state index in [1.54, 1.807) is 32.9 Å². The molecule has 212 valence electrons. The Bertz CT molecular complexity index is 1460. The monoisotopic (exact) mass is 566 g/mol. The van der Waals surface area contributed by atoms with Crippen molar-refractivity contribution < 1.29 is 27.5 Å². The Hall–Kier alpha value is -3.64. The molecule has 2 amide bonds. The quantitative estimate of drug-likeness (QED) is 0.267. The van der Waals surface area contributed by atoms with Gasteiger partial charge in [0.25, 0.3) is 11.8 Å². The predicted molar refractivity (Wildman–Crippen MR) is 155 cm³/mol. The van der Waals surface area contributed by atoms with Gasteiger partial charge in [-0.25, -0.2) is 13.6 Å². The molecule has 2 aromatic carbocycles. The molecule has 4 rings (SSSR count). The zero-order valence-electron chi connectivity index (χ0n) is 23.9. The Morgan fingerprint density at radius 1 is 1.05 bits per heavy atom. The van der Waals surface area contributed by atoms with Crippen molar-refractivity contribution >= 4 is 31.0 Å². The molecule has 0 spiro atoms. The first kappa shape index (κ1) is 29.3. The highest BCUT2D eigenvalue weighted by Gasteiger charge is 2.35. The summed E-state index contributed by atoms with van der Waals surface area (Å²) in [5.74, 6) is 0.942. The van der Waals surface area contributed by atoms with Crippen molar-refractivity contribution in [1.29, 1.82) is 0 Å². The number of ether oxygens (including phenoxy) is 1. The fraction of sp³-hybridized carbons (Fsp3) is 0.419. The highest BCUT2D eigenvalue weighted by molar-refractivity contribution is 6.83. The average Bonchev–Trinajstić information content (AvgIpc) is 3.27. The van der Waals surface area contributed by atoms with Crippen LogP contribution in [-0.4, -0.2) is 49.6 Å². The maximum Gasteiger partial charge on any atom is 0.408 e. The van der Waals surface area contributed by atoms with E-state index >= 15 is 0 Å². The van der Waals surface area contributed by atoms with Gasteiger partial charge >= 0.3 is 6.09 Å². The number of likely N-dealkylation sites (tertiary alicyclic amines) is 1. The fourth-order valence-electron chi connectivity index (χ4n) is 4.31. The van der Waals surface area contributed by atoms with Crippen LogP contribution in [0.1, 0.15) is 55.3 Å². The van der Waals surface area contributed by atoms with Crippen LogP contribution in [0, 0.1) is 11.5 Å². The molecule has 0 unspecified atom stereocenters. The van der Waals surface area contributed by atoms with Crippen LogP contribution in [0.4, 0.5) is 13.6 Å². The average molecular weight is 567 g/mol. The molecule has 9 heteroatoms. The molecule has 1 saturated heterocycles. The second-order valence-electron chi connectivity index (χ2n) is 12.2. The third kappa shape index (κ3) is 7.72. The van der Waals surface area contributed by atoms with Crippen molar-refractivity contribution in [3.63, 3.8) is 0 Å². The van der Waals surface area contributed by atoms with Crippen molar-refractivity contribution in [2.75, 3.05) is 13.1 Å². The number of carbonyl (C=O) groups excluding carboxylic acids is 2. The Morgan fingerprint density at radius 2 is 1.70 bits per heavy atom. The van der Waals surface area contributed by atoms with E-state index in [9.17, 15) is 18.4 Å². The number of furan rings is 1. The normalized spacial score (nSPS) is 15.3. The molecule has 40 heavy (non-hydrogen) atoms. The number of fused-ring (bicyclic) bond motifs is 1. The van der Waals surface area contributed by atoms with Gasteiger partial charge in [-0.1, -0.05) is 37.7 Å². The minimum Gasteiger partial charge on any atom is -0.458 e. The maximum atomic E-state index is 13.5. The number of hydrogen-bond donors (Lipinski definition) is 1. The molecular formula is C31H36F2N2O4Si. The molecule has 0 bridgehead atoms. The minimum absolute atomic E-state index is 0.0506. The molecule has 1 aromatic heterocycles. The zero-order valence-corrected chi connectivity index (χ0v) is 24.9. The highest BCUT2D eigenvalue weighted by atomic mass is 28.3. The lowest BCUT2D eigenvalue weighted by Crippen LogP contribution is -2.42. The van der Waals surface area contributed by atoms with E-state index in [1.807, 2.05) is 30.3 Å². The van der Waals surface area contributed by atoms with Gasteiger partial charge in [0.1, 0.15) is 25.0 Å². The van der Waals surface area contributed by atoms with Crippen LogP contribution >= 0.6 is 0 Å². The molecule has 3 aromatic rings. The molecular weight excluding hydrogens is 530 g/mol. The third-order valence-corrected chi connectivity index (χ3v) is 7.17. The molecule has 2 heterocycles. The first-order valence-corrected chi connectivity index (χ1v) is 16.9. The lowest BCUT2D eigenvalue weighted by Gasteiger charge is -2.31. The Balaban J connectivity index is 1.60. The lowest BCUT2D eigenvalue weighted by molar-refractivity contribution is -0.0494. The van der Waals surface area contributed by atoms with Gasteiger partial charge in [0, 0.05) is 36.9 Å². The molecule has 6 nitrogen and oxygen atoms in total. The van der Waals surface area contributed by atoms with Gasteiger partial charge in [-0.2, -0.15) is 0 Å². The topological polar surface area (TPSA) is 71.8 Å². The number of halogens is 2. The van der Waals surface area contributed by atoms with Crippen LogP contribution in [0.15, 0.2) is 46.9 Å². The number of nitrogens with one attached hydrogen (secondary N) is 1. The number of alkyl carbamates (subject to hydrolysis) is 1. The van der Waals surface area contributed by atoms with E-state index < -0.39 is 25.7 Å². The second-order valence-corrected chi connectivity index (χ2v) is 17.0. The van der Waals surface area contributed by atoms with Crippen LogP contribution in [0.5, 0.6) is 0 Å². The maximum absolute atomic E-state index is 13.5. The minimum atomic E-state index is -2.70. The Morgan fingerprint density at radius 3 is 2.30 bits per heavy atom. The smallest absolute Gasteiger partial charge is 0.408 e. The Kier molecular flexibility index (Phi) is 8.13. The van der Waals surface area contributed by atoms with E-state index in [-0.39, 0.29) is 38.4 Å². The second kappa shape index (κ2) is 11.1. The van der Waals surface area contributed by atoms with Gasteiger partial charge in [-0.3, -0.25) is 4.79 Å². The van der Waals surface area contributed by atoms with Gasteiger partial charge in [-0.15, -0.1) is 5.54 Å². The summed E-state index contributed by atoms with van der Waals surface area (Å²) in [5.41, 5.74) is 6.43. The van der Waals surface area contributed by atoms with E-state index in [2.05, 4.69) is 36.4 Å². The van der Waals surface area contributed by atoms with Crippen LogP contribution in [0.3, 0.4) is 0 Å².